The maximum atomic E-state index is 12.6. The lowest BCUT2D eigenvalue weighted by atomic mass is 9.95. The maximum absolute atomic E-state index is 12.6. The third kappa shape index (κ3) is 5.66. The van der Waals surface area contributed by atoms with Gasteiger partial charge in [-0.15, -0.1) is 0 Å². The minimum absolute atomic E-state index is 0.186. The summed E-state index contributed by atoms with van der Waals surface area (Å²) in [5.41, 5.74) is 0.949. The van der Waals surface area contributed by atoms with Crippen LogP contribution in [0.5, 0.6) is 0 Å². The lowest BCUT2D eigenvalue weighted by Gasteiger charge is -2.25. The van der Waals surface area contributed by atoms with Crippen molar-refractivity contribution in [3.63, 3.8) is 0 Å². The Balaban J connectivity index is 1.47. The van der Waals surface area contributed by atoms with Crippen molar-refractivity contribution in [2.75, 3.05) is 19.7 Å². The topological polar surface area (TPSA) is 63.7 Å². The summed E-state index contributed by atoms with van der Waals surface area (Å²) in [6.07, 6.45) is 11.3. The third-order valence-corrected chi connectivity index (χ3v) is 7.26. The van der Waals surface area contributed by atoms with Crippen LogP contribution in [-0.4, -0.2) is 38.4 Å². The highest BCUT2D eigenvalue weighted by atomic mass is 32.2. The zero-order valence-corrected chi connectivity index (χ0v) is 16.6. The number of hydrogen-bond acceptors (Lipinski definition) is 4. The summed E-state index contributed by atoms with van der Waals surface area (Å²) in [6, 6.07) is 6.91. The van der Waals surface area contributed by atoms with Crippen molar-refractivity contribution in [1.82, 2.24) is 4.31 Å². The van der Waals surface area contributed by atoms with Gasteiger partial charge in [-0.2, -0.15) is 4.31 Å². The summed E-state index contributed by atoms with van der Waals surface area (Å²) in [7, 11) is -3.39. The fourth-order valence-electron chi connectivity index (χ4n) is 3.62. The molecule has 5 nitrogen and oxygen atoms in total. The van der Waals surface area contributed by atoms with Crippen LogP contribution in [0.25, 0.3) is 0 Å². The molecule has 0 amide bonds. The van der Waals surface area contributed by atoms with E-state index in [1.807, 2.05) is 0 Å². The van der Waals surface area contributed by atoms with Gasteiger partial charge in [0.15, 0.2) is 0 Å². The van der Waals surface area contributed by atoms with Gasteiger partial charge in [-0.05, 0) is 62.1 Å². The van der Waals surface area contributed by atoms with E-state index in [0.717, 1.165) is 44.1 Å². The molecule has 1 fully saturated rings. The van der Waals surface area contributed by atoms with Crippen molar-refractivity contribution < 1.29 is 17.9 Å². The zero-order valence-electron chi connectivity index (χ0n) is 15.8. The Morgan fingerprint density at radius 3 is 2.48 bits per heavy atom. The summed E-state index contributed by atoms with van der Waals surface area (Å²) in [5, 5.41) is 0. The van der Waals surface area contributed by atoms with Crippen molar-refractivity contribution in [2.45, 2.75) is 56.3 Å². The molecule has 0 spiro atoms. The van der Waals surface area contributed by atoms with E-state index in [-0.39, 0.29) is 5.97 Å². The first-order chi connectivity index (χ1) is 13.1. The molecule has 2 aliphatic rings. The Kier molecular flexibility index (Phi) is 7.07. The fraction of sp³-hybridized carbons (Fsp3) is 0.571. The standard InChI is InChI=1S/C21H29NO4S/c23-21(26-17-19-7-3-1-4-8-19)14-11-18-9-12-20(13-10-18)27(24,25)22-15-5-2-6-16-22/h1,3,9-10,12-13,19H,2,4-8,11,14-17H2. The van der Waals surface area contributed by atoms with E-state index >= 15 is 0 Å². The second kappa shape index (κ2) is 9.51. The number of carbonyl (C=O) groups is 1. The molecule has 1 saturated heterocycles. The predicted octanol–water partition coefficient (Wildman–Crippen LogP) is 3.69. The number of esters is 1. The van der Waals surface area contributed by atoms with E-state index in [4.69, 9.17) is 4.74 Å². The first-order valence-electron chi connectivity index (χ1n) is 9.95. The molecule has 0 aromatic heterocycles. The number of carbonyl (C=O) groups excluding carboxylic acids is 1. The number of allylic oxidation sites excluding steroid dienone is 2. The van der Waals surface area contributed by atoms with Crippen molar-refractivity contribution in [1.29, 1.82) is 0 Å². The molecule has 6 heteroatoms. The van der Waals surface area contributed by atoms with Gasteiger partial charge in [0.2, 0.25) is 10.0 Å². The van der Waals surface area contributed by atoms with Crippen molar-refractivity contribution in [3.05, 3.63) is 42.0 Å². The lowest BCUT2D eigenvalue weighted by Crippen LogP contribution is -2.35. The van der Waals surface area contributed by atoms with E-state index in [9.17, 15) is 13.2 Å². The van der Waals surface area contributed by atoms with E-state index in [1.54, 1.807) is 28.6 Å². The number of rotatable bonds is 7. The van der Waals surface area contributed by atoms with Crippen LogP contribution in [0.1, 0.15) is 50.5 Å². The van der Waals surface area contributed by atoms with Gasteiger partial charge < -0.3 is 4.74 Å². The SMILES string of the molecule is O=C(CCc1ccc(S(=O)(=O)N2CCCCC2)cc1)OCC1CC=CCC1. The number of nitrogens with zero attached hydrogens (tertiary/aromatic N) is 1. The van der Waals surface area contributed by atoms with Crippen LogP contribution >= 0.6 is 0 Å². The Labute approximate surface area is 162 Å². The predicted molar refractivity (Wildman–Crippen MR) is 105 cm³/mol. The summed E-state index contributed by atoms with van der Waals surface area (Å²) in [6.45, 7) is 1.70. The van der Waals surface area contributed by atoms with E-state index < -0.39 is 10.0 Å². The molecule has 1 aromatic rings. The van der Waals surface area contributed by atoms with Crippen LogP contribution < -0.4 is 0 Å². The van der Waals surface area contributed by atoms with Crippen molar-refractivity contribution in [3.8, 4) is 0 Å². The largest absolute Gasteiger partial charge is 0.465 e. The highest BCUT2D eigenvalue weighted by Gasteiger charge is 2.25. The Morgan fingerprint density at radius 2 is 1.81 bits per heavy atom. The zero-order chi connectivity index (χ0) is 19.1. The van der Waals surface area contributed by atoms with Crippen LogP contribution in [0.3, 0.4) is 0 Å². The number of benzene rings is 1. The number of ether oxygens (including phenoxy) is 1. The summed E-state index contributed by atoms with van der Waals surface area (Å²) in [4.78, 5) is 12.3. The minimum atomic E-state index is -3.39. The van der Waals surface area contributed by atoms with Crippen LogP contribution in [-0.2, 0) is 26.0 Å². The molecule has 1 aliphatic heterocycles. The van der Waals surface area contributed by atoms with Gasteiger partial charge in [-0.1, -0.05) is 30.7 Å². The quantitative estimate of drug-likeness (QED) is 0.525. The second-order valence-corrected chi connectivity index (χ2v) is 9.38. The average Bonchev–Trinajstić information content (AvgIpc) is 2.72. The number of piperidine rings is 1. The lowest BCUT2D eigenvalue weighted by molar-refractivity contribution is -0.145. The fourth-order valence-corrected chi connectivity index (χ4v) is 5.14. The normalized spacial score (nSPS) is 21.1. The minimum Gasteiger partial charge on any atom is -0.465 e. The van der Waals surface area contributed by atoms with Gasteiger partial charge in [-0.25, -0.2) is 8.42 Å². The van der Waals surface area contributed by atoms with Crippen LogP contribution in [0.4, 0.5) is 0 Å². The van der Waals surface area contributed by atoms with Crippen LogP contribution in [0, 0.1) is 5.92 Å². The molecule has 27 heavy (non-hydrogen) atoms. The number of sulfonamides is 1. The molecule has 3 rings (SSSR count). The second-order valence-electron chi connectivity index (χ2n) is 7.44. The van der Waals surface area contributed by atoms with Gasteiger partial charge >= 0.3 is 5.97 Å². The van der Waals surface area contributed by atoms with Crippen LogP contribution in [0.2, 0.25) is 0 Å². The molecule has 0 bridgehead atoms. The van der Waals surface area contributed by atoms with Gasteiger partial charge in [0.1, 0.15) is 0 Å². The summed E-state index contributed by atoms with van der Waals surface area (Å²) < 4.78 is 32.3. The molecule has 1 heterocycles. The first-order valence-corrected chi connectivity index (χ1v) is 11.4. The van der Waals surface area contributed by atoms with Crippen LogP contribution in [0.15, 0.2) is 41.3 Å². The third-order valence-electron chi connectivity index (χ3n) is 5.35. The van der Waals surface area contributed by atoms with E-state index in [2.05, 4.69) is 12.2 Å². The van der Waals surface area contributed by atoms with Crippen molar-refractivity contribution >= 4 is 16.0 Å². The van der Waals surface area contributed by atoms with Gasteiger partial charge in [-0.3, -0.25) is 4.79 Å². The molecule has 1 aromatic carbocycles. The molecule has 0 saturated carbocycles. The average molecular weight is 392 g/mol. The van der Waals surface area contributed by atoms with E-state index in [0.29, 0.717) is 43.4 Å². The van der Waals surface area contributed by atoms with E-state index in [1.165, 1.54) is 0 Å². The molecule has 1 aliphatic carbocycles. The number of aryl methyl sites for hydroxylation is 1. The molecule has 0 radical (unpaired) electrons. The molecular weight excluding hydrogens is 362 g/mol. The van der Waals surface area contributed by atoms with Gasteiger partial charge in [0, 0.05) is 19.5 Å². The number of hydrogen-bond donors (Lipinski definition) is 0. The highest BCUT2D eigenvalue weighted by Crippen LogP contribution is 2.21. The first kappa shape index (κ1) is 20.1. The smallest absolute Gasteiger partial charge is 0.306 e. The van der Waals surface area contributed by atoms with Gasteiger partial charge in [0.05, 0.1) is 11.5 Å². The molecule has 1 atom stereocenters. The molecule has 0 N–H and O–H groups in total. The molecule has 1 unspecified atom stereocenters. The van der Waals surface area contributed by atoms with Crippen molar-refractivity contribution in [2.24, 2.45) is 5.92 Å². The Hall–Kier alpha value is -1.66. The summed E-state index contributed by atoms with van der Waals surface area (Å²) >= 11 is 0. The highest BCUT2D eigenvalue weighted by molar-refractivity contribution is 7.89. The molecular formula is C21H29NO4S. The maximum Gasteiger partial charge on any atom is 0.306 e. The Bertz CT molecular complexity index is 749. The Morgan fingerprint density at radius 1 is 1.07 bits per heavy atom. The molecule has 148 valence electrons. The monoisotopic (exact) mass is 391 g/mol. The van der Waals surface area contributed by atoms with Gasteiger partial charge in [0.25, 0.3) is 0 Å². The summed E-state index contributed by atoms with van der Waals surface area (Å²) in [5.74, 6) is 0.257.